The summed E-state index contributed by atoms with van der Waals surface area (Å²) in [6, 6.07) is 0. The molecule has 0 spiro atoms. The molecule has 0 aromatic rings. The second kappa shape index (κ2) is 4.03. The molecule has 2 saturated carbocycles. The Hall–Kier alpha value is 0.440. The summed E-state index contributed by atoms with van der Waals surface area (Å²) in [7, 11) is 0. The SMILES string of the molecule is BrCC1(CCC2CCCO2)CC2CC2C1. The van der Waals surface area contributed by atoms with Gasteiger partial charge in [-0.25, -0.2) is 0 Å². The van der Waals surface area contributed by atoms with Crippen molar-refractivity contribution in [3.63, 3.8) is 0 Å². The van der Waals surface area contributed by atoms with Crippen LogP contribution in [0.2, 0.25) is 0 Å². The van der Waals surface area contributed by atoms with E-state index in [9.17, 15) is 0 Å². The monoisotopic (exact) mass is 272 g/mol. The Morgan fingerprint density at radius 1 is 1.27 bits per heavy atom. The first-order valence-corrected chi connectivity index (χ1v) is 7.61. The lowest BCUT2D eigenvalue weighted by Gasteiger charge is -2.29. The molecule has 3 rings (SSSR count). The third kappa shape index (κ3) is 2.12. The summed E-state index contributed by atoms with van der Waals surface area (Å²) in [5.74, 6) is 2.21. The summed E-state index contributed by atoms with van der Waals surface area (Å²) in [5.41, 5.74) is 0.652. The van der Waals surface area contributed by atoms with Gasteiger partial charge in [0.15, 0.2) is 0 Å². The molecule has 3 unspecified atom stereocenters. The topological polar surface area (TPSA) is 9.23 Å². The molecule has 1 nitrogen and oxygen atoms in total. The average Bonchev–Trinajstić information content (AvgIpc) is 2.75. The third-order valence-electron chi connectivity index (χ3n) is 4.76. The van der Waals surface area contributed by atoms with E-state index in [-0.39, 0.29) is 0 Å². The standard InChI is InChI=1S/C13H21BrO/c14-9-13(7-10-6-11(10)8-13)4-3-12-2-1-5-15-12/h10-12H,1-9H2. The summed E-state index contributed by atoms with van der Waals surface area (Å²) >= 11 is 3.75. The van der Waals surface area contributed by atoms with Gasteiger partial charge in [0.1, 0.15) is 0 Å². The molecule has 3 fully saturated rings. The summed E-state index contributed by atoms with van der Waals surface area (Å²) in [6.07, 6.45) is 10.4. The van der Waals surface area contributed by atoms with Gasteiger partial charge in [0.25, 0.3) is 0 Å². The Morgan fingerprint density at radius 2 is 2.07 bits per heavy atom. The van der Waals surface area contributed by atoms with E-state index >= 15 is 0 Å². The van der Waals surface area contributed by atoms with Gasteiger partial charge in [-0.05, 0) is 62.2 Å². The molecular weight excluding hydrogens is 252 g/mol. The Labute approximate surface area is 101 Å². The van der Waals surface area contributed by atoms with Gasteiger partial charge in [0.2, 0.25) is 0 Å². The van der Waals surface area contributed by atoms with Crippen molar-refractivity contribution in [3.05, 3.63) is 0 Å². The summed E-state index contributed by atoms with van der Waals surface area (Å²) in [6.45, 7) is 1.01. The summed E-state index contributed by atoms with van der Waals surface area (Å²) in [4.78, 5) is 0. The minimum Gasteiger partial charge on any atom is -0.378 e. The molecule has 0 amide bonds. The van der Waals surface area contributed by atoms with Crippen LogP contribution < -0.4 is 0 Å². The molecule has 0 N–H and O–H groups in total. The minimum atomic E-state index is 0.595. The zero-order valence-corrected chi connectivity index (χ0v) is 11.0. The fourth-order valence-corrected chi connectivity index (χ4v) is 4.46. The third-order valence-corrected chi connectivity index (χ3v) is 5.95. The molecule has 1 saturated heterocycles. The lowest BCUT2D eigenvalue weighted by Crippen LogP contribution is -2.23. The maximum absolute atomic E-state index is 5.72. The Morgan fingerprint density at radius 3 is 2.67 bits per heavy atom. The highest BCUT2D eigenvalue weighted by Crippen LogP contribution is 2.62. The van der Waals surface area contributed by atoms with Gasteiger partial charge in [0, 0.05) is 11.9 Å². The van der Waals surface area contributed by atoms with Crippen molar-refractivity contribution in [1.82, 2.24) is 0 Å². The normalized spacial score (nSPS) is 48.2. The van der Waals surface area contributed by atoms with Crippen LogP contribution in [0.3, 0.4) is 0 Å². The van der Waals surface area contributed by atoms with Gasteiger partial charge >= 0.3 is 0 Å². The predicted molar refractivity (Wildman–Crippen MR) is 65.3 cm³/mol. The molecule has 0 aromatic heterocycles. The molecule has 0 bridgehead atoms. The lowest BCUT2D eigenvalue weighted by molar-refractivity contribution is 0.0893. The van der Waals surface area contributed by atoms with Crippen LogP contribution in [-0.4, -0.2) is 18.0 Å². The van der Waals surface area contributed by atoms with Crippen LogP contribution in [0.4, 0.5) is 0 Å². The van der Waals surface area contributed by atoms with Crippen LogP contribution in [0.1, 0.15) is 44.9 Å². The number of ether oxygens (including phenoxy) is 1. The van der Waals surface area contributed by atoms with Crippen molar-refractivity contribution >= 4 is 15.9 Å². The molecule has 2 aliphatic carbocycles. The first-order chi connectivity index (χ1) is 7.31. The first-order valence-electron chi connectivity index (χ1n) is 6.49. The van der Waals surface area contributed by atoms with E-state index in [0.29, 0.717) is 11.5 Å². The molecule has 86 valence electrons. The van der Waals surface area contributed by atoms with E-state index in [2.05, 4.69) is 15.9 Å². The molecule has 15 heavy (non-hydrogen) atoms. The Balaban J connectivity index is 1.51. The van der Waals surface area contributed by atoms with Crippen LogP contribution in [-0.2, 0) is 4.74 Å². The Bertz CT molecular complexity index is 225. The van der Waals surface area contributed by atoms with Crippen molar-refractivity contribution in [2.24, 2.45) is 17.3 Å². The smallest absolute Gasteiger partial charge is 0.0576 e. The molecule has 3 aliphatic rings. The van der Waals surface area contributed by atoms with E-state index in [0.717, 1.165) is 18.4 Å². The van der Waals surface area contributed by atoms with Crippen LogP contribution in [0.15, 0.2) is 0 Å². The molecule has 0 aromatic carbocycles. The van der Waals surface area contributed by atoms with Gasteiger partial charge < -0.3 is 4.74 Å². The number of alkyl halides is 1. The number of rotatable bonds is 4. The fraction of sp³-hybridized carbons (Fsp3) is 1.00. The maximum Gasteiger partial charge on any atom is 0.0576 e. The number of fused-ring (bicyclic) bond motifs is 1. The summed E-state index contributed by atoms with van der Waals surface area (Å²) in [5, 5.41) is 1.22. The van der Waals surface area contributed by atoms with E-state index in [4.69, 9.17) is 4.74 Å². The van der Waals surface area contributed by atoms with Crippen LogP contribution in [0.5, 0.6) is 0 Å². The van der Waals surface area contributed by atoms with E-state index in [1.807, 2.05) is 0 Å². The second-order valence-electron chi connectivity index (χ2n) is 5.97. The van der Waals surface area contributed by atoms with E-state index in [1.165, 1.54) is 50.3 Å². The van der Waals surface area contributed by atoms with Crippen molar-refractivity contribution in [3.8, 4) is 0 Å². The number of hydrogen-bond donors (Lipinski definition) is 0. The Kier molecular flexibility index (Phi) is 2.84. The molecule has 0 radical (unpaired) electrons. The van der Waals surface area contributed by atoms with Crippen molar-refractivity contribution in [1.29, 1.82) is 0 Å². The molecule has 2 heteroatoms. The molecule has 1 heterocycles. The molecule has 1 aliphatic heterocycles. The zero-order valence-electron chi connectivity index (χ0n) is 9.38. The number of halogens is 1. The van der Waals surface area contributed by atoms with Gasteiger partial charge in [-0.15, -0.1) is 0 Å². The fourth-order valence-electron chi connectivity index (χ4n) is 3.73. The second-order valence-corrected chi connectivity index (χ2v) is 6.53. The van der Waals surface area contributed by atoms with Crippen molar-refractivity contribution in [2.75, 3.05) is 11.9 Å². The van der Waals surface area contributed by atoms with Gasteiger partial charge in [-0.1, -0.05) is 15.9 Å². The van der Waals surface area contributed by atoms with Crippen molar-refractivity contribution < 1.29 is 4.74 Å². The quantitative estimate of drug-likeness (QED) is 0.709. The van der Waals surface area contributed by atoms with Gasteiger partial charge in [-0.3, -0.25) is 0 Å². The van der Waals surface area contributed by atoms with Crippen molar-refractivity contribution in [2.45, 2.75) is 51.0 Å². The van der Waals surface area contributed by atoms with Crippen LogP contribution in [0, 0.1) is 17.3 Å². The van der Waals surface area contributed by atoms with E-state index in [1.54, 1.807) is 0 Å². The molecular formula is C13H21BrO. The van der Waals surface area contributed by atoms with Gasteiger partial charge in [-0.2, -0.15) is 0 Å². The maximum atomic E-state index is 5.72. The van der Waals surface area contributed by atoms with Gasteiger partial charge in [0.05, 0.1) is 6.10 Å². The highest BCUT2D eigenvalue weighted by atomic mass is 79.9. The molecule has 3 atom stereocenters. The highest BCUT2D eigenvalue weighted by molar-refractivity contribution is 9.09. The summed E-state index contributed by atoms with van der Waals surface area (Å²) < 4.78 is 5.72. The van der Waals surface area contributed by atoms with Crippen LogP contribution >= 0.6 is 15.9 Å². The largest absolute Gasteiger partial charge is 0.378 e. The zero-order chi connectivity index (χ0) is 10.3. The average molecular weight is 273 g/mol. The minimum absolute atomic E-state index is 0.595. The highest BCUT2D eigenvalue weighted by Gasteiger charge is 2.52. The predicted octanol–water partition coefficient (Wildman–Crippen LogP) is 3.76. The van der Waals surface area contributed by atoms with Crippen LogP contribution in [0.25, 0.3) is 0 Å². The number of hydrogen-bond acceptors (Lipinski definition) is 1. The lowest BCUT2D eigenvalue weighted by atomic mass is 9.80. The first kappa shape index (κ1) is 10.6. The van der Waals surface area contributed by atoms with E-state index < -0.39 is 0 Å².